The molecule has 0 unspecified atom stereocenters. The Morgan fingerprint density at radius 2 is 1.83 bits per heavy atom. The molecule has 1 aliphatic heterocycles. The molecule has 0 atom stereocenters. The van der Waals surface area contributed by atoms with E-state index in [0.717, 1.165) is 17.0 Å². The lowest BCUT2D eigenvalue weighted by atomic mass is 10.1. The van der Waals surface area contributed by atoms with Crippen molar-refractivity contribution in [2.24, 2.45) is 0 Å². The second-order valence-corrected chi connectivity index (χ2v) is 8.60. The number of aromatic carboxylic acids is 1. The molecule has 3 aromatic rings. The Hall–Kier alpha value is -4.22. The van der Waals surface area contributed by atoms with Crippen LogP contribution in [0.25, 0.3) is 17.4 Å². The van der Waals surface area contributed by atoms with Crippen LogP contribution in [-0.4, -0.2) is 44.4 Å². The predicted molar refractivity (Wildman–Crippen MR) is 126 cm³/mol. The Kier molecular flexibility index (Phi) is 6.54. The largest absolute Gasteiger partial charge is 0.478 e. The molecule has 0 bridgehead atoms. The van der Waals surface area contributed by atoms with Crippen molar-refractivity contribution in [3.8, 4) is 11.3 Å². The molecule has 0 saturated carbocycles. The molecular formula is C23H13ClN2O8S. The molecule has 0 radical (unpaired) electrons. The first-order valence-electron chi connectivity index (χ1n) is 9.80. The van der Waals surface area contributed by atoms with Crippen LogP contribution in [-0.2, 0) is 4.79 Å². The van der Waals surface area contributed by atoms with Gasteiger partial charge in [-0.05, 0) is 54.2 Å². The molecule has 4 rings (SSSR count). The van der Waals surface area contributed by atoms with Gasteiger partial charge in [0.1, 0.15) is 11.5 Å². The van der Waals surface area contributed by atoms with E-state index in [1.807, 2.05) is 0 Å². The van der Waals surface area contributed by atoms with Gasteiger partial charge in [-0.3, -0.25) is 29.4 Å². The summed E-state index contributed by atoms with van der Waals surface area (Å²) in [6.07, 6.45) is 1.35. The first-order valence-corrected chi connectivity index (χ1v) is 11.0. The van der Waals surface area contributed by atoms with Gasteiger partial charge in [-0.15, -0.1) is 0 Å². The van der Waals surface area contributed by atoms with Crippen molar-refractivity contribution in [2.45, 2.75) is 0 Å². The summed E-state index contributed by atoms with van der Waals surface area (Å²) in [4.78, 5) is 59.8. The molecule has 176 valence electrons. The minimum absolute atomic E-state index is 0.0368. The molecular weight excluding hydrogens is 500 g/mol. The van der Waals surface area contributed by atoms with Crippen molar-refractivity contribution >= 4 is 58.0 Å². The highest BCUT2D eigenvalue weighted by molar-refractivity contribution is 8.18. The number of hydrogen-bond acceptors (Lipinski definition) is 8. The predicted octanol–water partition coefficient (Wildman–Crippen LogP) is 5.13. The van der Waals surface area contributed by atoms with Crippen LogP contribution in [0.3, 0.4) is 0 Å². The van der Waals surface area contributed by atoms with Crippen molar-refractivity contribution < 1.29 is 33.6 Å². The van der Waals surface area contributed by atoms with Crippen molar-refractivity contribution in [2.75, 3.05) is 6.54 Å². The maximum atomic E-state index is 12.7. The second kappa shape index (κ2) is 9.57. The zero-order chi connectivity index (χ0) is 25.3. The topological polar surface area (TPSA) is 148 Å². The highest BCUT2D eigenvalue weighted by Gasteiger charge is 2.36. The maximum absolute atomic E-state index is 12.7. The van der Waals surface area contributed by atoms with Gasteiger partial charge in [-0.25, -0.2) is 4.79 Å². The summed E-state index contributed by atoms with van der Waals surface area (Å²) in [6.45, 7) is -0.522. The third-order valence-corrected chi connectivity index (χ3v) is 6.19. The first kappa shape index (κ1) is 23.9. The van der Waals surface area contributed by atoms with E-state index in [1.54, 1.807) is 18.2 Å². The van der Waals surface area contributed by atoms with E-state index in [9.17, 15) is 34.4 Å². The van der Waals surface area contributed by atoms with Gasteiger partial charge < -0.3 is 9.52 Å². The maximum Gasteiger partial charge on any atom is 0.337 e. The third-order valence-electron chi connectivity index (χ3n) is 4.96. The number of carboxylic acid groups (broad SMARTS) is 1. The number of hydrogen-bond donors (Lipinski definition) is 1. The van der Waals surface area contributed by atoms with Crippen molar-refractivity contribution in [1.29, 1.82) is 0 Å². The number of nitro groups is 1. The number of rotatable bonds is 7. The second-order valence-electron chi connectivity index (χ2n) is 7.20. The van der Waals surface area contributed by atoms with E-state index in [2.05, 4.69) is 0 Å². The van der Waals surface area contributed by atoms with Gasteiger partial charge in [0.2, 0.25) is 0 Å². The Bertz CT molecular complexity index is 1430. The number of Topliss-reactive ketones (excluding diaryl/α,β-unsaturated/α-hetero) is 1. The number of halogens is 1. The number of imide groups is 1. The summed E-state index contributed by atoms with van der Waals surface area (Å²) in [5.74, 6) is -1.88. The normalized spacial score (nSPS) is 14.5. The quantitative estimate of drug-likeness (QED) is 0.197. The van der Waals surface area contributed by atoms with Crippen molar-refractivity contribution in [3.63, 3.8) is 0 Å². The molecule has 1 N–H and O–H groups in total. The minimum Gasteiger partial charge on any atom is -0.478 e. The number of furan rings is 1. The van der Waals surface area contributed by atoms with E-state index in [-0.39, 0.29) is 32.5 Å². The number of non-ortho nitro benzene ring substituents is 1. The van der Waals surface area contributed by atoms with E-state index in [1.165, 1.54) is 30.3 Å². The summed E-state index contributed by atoms with van der Waals surface area (Å²) in [7, 11) is 0. The van der Waals surface area contributed by atoms with Gasteiger partial charge in [0, 0.05) is 29.3 Å². The summed E-state index contributed by atoms with van der Waals surface area (Å²) in [6, 6.07) is 12.3. The number of amides is 2. The van der Waals surface area contributed by atoms with Gasteiger partial charge in [0.25, 0.3) is 16.8 Å². The van der Waals surface area contributed by atoms with Gasteiger partial charge in [0.05, 0.1) is 27.0 Å². The van der Waals surface area contributed by atoms with Crippen LogP contribution in [0.15, 0.2) is 63.9 Å². The molecule has 10 nitrogen and oxygen atoms in total. The van der Waals surface area contributed by atoms with Crippen LogP contribution < -0.4 is 0 Å². The molecule has 35 heavy (non-hydrogen) atoms. The number of carbonyl (C=O) groups excluding carboxylic acids is 3. The Balaban J connectivity index is 1.50. The SMILES string of the molecule is O=C(CN1C(=O)S/C(=C/c2ccc(-c3ccc(Cl)c(C(=O)O)c3)o2)C1=O)c1ccc([N+](=O)[O-])cc1. The number of ketones is 1. The van der Waals surface area contributed by atoms with Gasteiger partial charge in [-0.1, -0.05) is 11.6 Å². The zero-order valence-corrected chi connectivity index (χ0v) is 19.0. The minimum atomic E-state index is -1.19. The van der Waals surface area contributed by atoms with E-state index < -0.39 is 34.4 Å². The fourth-order valence-corrected chi connectivity index (χ4v) is 4.21. The van der Waals surface area contributed by atoms with Crippen LogP contribution >= 0.6 is 23.4 Å². The molecule has 2 amide bonds. The standard InChI is InChI=1S/C23H13ClN2O8S/c24-17-7-3-13(9-16(17)22(29)30)19-8-6-15(34-19)10-20-21(28)25(23(31)35-20)11-18(27)12-1-4-14(5-2-12)26(32)33/h1-10H,11H2,(H,29,30)/b20-10+. The summed E-state index contributed by atoms with van der Waals surface area (Å²) < 4.78 is 5.68. The average Bonchev–Trinajstić information content (AvgIpc) is 3.39. The summed E-state index contributed by atoms with van der Waals surface area (Å²) >= 11 is 6.52. The summed E-state index contributed by atoms with van der Waals surface area (Å²) in [5.41, 5.74) is 0.290. The van der Waals surface area contributed by atoms with Crippen LogP contribution in [0.2, 0.25) is 5.02 Å². The lowest BCUT2D eigenvalue weighted by Gasteiger charge is -2.11. The molecule has 0 spiro atoms. The number of carbonyl (C=O) groups is 4. The van der Waals surface area contributed by atoms with Crippen LogP contribution in [0.5, 0.6) is 0 Å². The van der Waals surface area contributed by atoms with E-state index in [0.29, 0.717) is 23.1 Å². The van der Waals surface area contributed by atoms with Gasteiger partial charge in [-0.2, -0.15) is 0 Å². The summed E-state index contributed by atoms with van der Waals surface area (Å²) in [5, 5.41) is 19.4. The number of nitrogens with zero attached hydrogens (tertiary/aromatic N) is 2. The third kappa shape index (κ3) is 5.00. The molecule has 1 aromatic heterocycles. The molecule has 2 aromatic carbocycles. The first-order chi connectivity index (χ1) is 16.6. The highest BCUT2D eigenvalue weighted by atomic mass is 35.5. The fraction of sp³-hybridized carbons (Fsp3) is 0.0435. The molecule has 12 heteroatoms. The number of benzene rings is 2. The number of carboxylic acids is 1. The van der Waals surface area contributed by atoms with Crippen LogP contribution in [0, 0.1) is 10.1 Å². The average molecular weight is 513 g/mol. The Labute approximate surface area is 205 Å². The lowest BCUT2D eigenvalue weighted by Crippen LogP contribution is -2.33. The zero-order valence-electron chi connectivity index (χ0n) is 17.5. The molecule has 2 heterocycles. The number of thioether (sulfide) groups is 1. The van der Waals surface area contributed by atoms with E-state index >= 15 is 0 Å². The molecule has 1 saturated heterocycles. The smallest absolute Gasteiger partial charge is 0.337 e. The lowest BCUT2D eigenvalue weighted by molar-refractivity contribution is -0.384. The molecule has 1 fully saturated rings. The highest BCUT2D eigenvalue weighted by Crippen LogP contribution is 2.34. The van der Waals surface area contributed by atoms with Gasteiger partial charge >= 0.3 is 5.97 Å². The Morgan fingerprint density at radius 1 is 1.11 bits per heavy atom. The molecule has 0 aliphatic carbocycles. The Morgan fingerprint density at radius 3 is 2.49 bits per heavy atom. The number of nitro benzene ring substituents is 1. The van der Waals surface area contributed by atoms with Gasteiger partial charge in [0.15, 0.2) is 5.78 Å². The monoisotopic (exact) mass is 512 g/mol. The van der Waals surface area contributed by atoms with Crippen molar-refractivity contribution in [1.82, 2.24) is 4.90 Å². The fourth-order valence-electron chi connectivity index (χ4n) is 3.20. The van der Waals surface area contributed by atoms with Crippen LogP contribution in [0.1, 0.15) is 26.5 Å². The van der Waals surface area contributed by atoms with E-state index in [4.69, 9.17) is 16.0 Å². The van der Waals surface area contributed by atoms with Crippen molar-refractivity contribution in [3.05, 3.63) is 91.5 Å². The molecule has 1 aliphatic rings. The van der Waals surface area contributed by atoms with Crippen LogP contribution in [0.4, 0.5) is 10.5 Å².